The van der Waals surface area contributed by atoms with Crippen molar-refractivity contribution in [1.29, 1.82) is 0 Å². The fourth-order valence-electron chi connectivity index (χ4n) is 1.91. The molecule has 0 aromatic carbocycles. The lowest BCUT2D eigenvalue weighted by molar-refractivity contribution is 0.0230. The average Bonchev–Trinajstić information content (AvgIpc) is 3.01. The van der Waals surface area contributed by atoms with Crippen molar-refractivity contribution in [2.75, 3.05) is 20.6 Å². The number of nitrogens with one attached hydrogen (secondary N) is 2. The predicted octanol–water partition coefficient (Wildman–Crippen LogP) is 3.06. The highest BCUT2D eigenvalue weighted by Crippen LogP contribution is 2.11. The van der Waals surface area contributed by atoms with Gasteiger partial charge in [-0.1, -0.05) is 0 Å². The SMILES string of the molecule is CN=C(NCCC(C)N(C)C(=O)OC(C)(C)C)NCc1ccsc1. The van der Waals surface area contributed by atoms with Crippen LogP contribution >= 0.6 is 11.3 Å². The number of nitrogens with zero attached hydrogens (tertiary/aromatic N) is 2. The van der Waals surface area contributed by atoms with Gasteiger partial charge in [0.05, 0.1) is 0 Å². The number of amides is 1. The first-order valence-electron chi connectivity index (χ1n) is 8.14. The number of rotatable bonds is 6. The number of thiophene rings is 1. The standard InChI is InChI=1S/C17H30N4O2S/c1-13(21(6)16(22)23-17(2,3)4)7-9-19-15(18-5)20-11-14-8-10-24-12-14/h8,10,12-13H,7,9,11H2,1-6H3,(H2,18,19,20). The molecule has 7 heteroatoms. The molecule has 0 spiro atoms. The topological polar surface area (TPSA) is 66.0 Å². The first kappa shape index (κ1) is 20.3. The molecule has 1 unspecified atom stereocenters. The van der Waals surface area contributed by atoms with Crippen molar-refractivity contribution in [1.82, 2.24) is 15.5 Å². The molecule has 0 radical (unpaired) electrons. The third-order valence-electron chi connectivity index (χ3n) is 3.46. The first-order valence-corrected chi connectivity index (χ1v) is 9.08. The van der Waals surface area contributed by atoms with E-state index in [-0.39, 0.29) is 12.1 Å². The molecule has 1 rings (SSSR count). The van der Waals surface area contributed by atoms with E-state index in [1.807, 2.05) is 27.7 Å². The Morgan fingerprint density at radius 3 is 2.67 bits per heavy atom. The van der Waals surface area contributed by atoms with E-state index in [1.165, 1.54) is 5.56 Å². The van der Waals surface area contributed by atoms with Crippen LogP contribution in [0.4, 0.5) is 4.79 Å². The molecule has 2 N–H and O–H groups in total. The zero-order valence-electron chi connectivity index (χ0n) is 15.5. The maximum Gasteiger partial charge on any atom is 0.410 e. The van der Waals surface area contributed by atoms with Crippen molar-refractivity contribution in [3.63, 3.8) is 0 Å². The van der Waals surface area contributed by atoms with E-state index >= 15 is 0 Å². The fraction of sp³-hybridized carbons (Fsp3) is 0.647. The molecule has 0 bridgehead atoms. The summed E-state index contributed by atoms with van der Waals surface area (Å²) in [6, 6.07) is 2.16. The van der Waals surface area contributed by atoms with Crippen molar-refractivity contribution in [2.24, 2.45) is 4.99 Å². The smallest absolute Gasteiger partial charge is 0.410 e. The molecule has 0 aliphatic carbocycles. The molecule has 1 heterocycles. The summed E-state index contributed by atoms with van der Waals surface area (Å²) in [5.41, 5.74) is 0.762. The van der Waals surface area contributed by atoms with Crippen LogP contribution in [-0.4, -0.2) is 49.2 Å². The summed E-state index contributed by atoms with van der Waals surface area (Å²) in [4.78, 5) is 17.9. The van der Waals surface area contributed by atoms with Gasteiger partial charge in [0.2, 0.25) is 0 Å². The highest BCUT2D eigenvalue weighted by Gasteiger charge is 2.22. The molecule has 1 aromatic heterocycles. The van der Waals surface area contributed by atoms with Crippen molar-refractivity contribution >= 4 is 23.4 Å². The number of guanidine groups is 1. The molecule has 0 aliphatic rings. The number of ether oxygens (including phenoxy) is 1. The molecule has 0 saturated heterocycles. The van der Waals surface area contributed by atoms with Crippen molar-refractivity contribution in [3.05, 3.63) is 22.4 Å². The van der Waals surface area contributed by atoms with Gasteiger partial charge in [0, 0.05) is 33.2 Å². The van der Waals surface area contributed by atoms with Gasteiger partial charge in [0.25, 0.3) is 0 Å². The Labute approximate surface area is 149 Å². The molecule has 0 saturated carbocycles. The Morgan fingerprint density at radius 1 is 1.42 bits per heavy atom. The molecular formula is C17H30N4O2S. The van der Waals surface area contributed by atoms with Gasteiger partial charge in [0.15, 0.2) is 5.96 Å². The highest BCUT2D eigenvalue weighted by molar-refractivity contribution is 7.07. The van der Waals surface area contributed by atoms with Crippen LogP contribution in [-0.2, 0) is 11.3 Å². The van der Waals surface area contributed by atoms with Crippen LogP contribution in [0.15, 0.2) is 21.8 Å². The Balaban J connectivity index is 2.32. The van der Waals surface area contributed by atoms with E-state index < -0.39 is 5.60 Å². The van der Waals surface area contributed by atoms with Crippen LogP contribution < -0.4 is 10.6 Å². The lowest BCUT2D eigenvalue weighted by atomic mass is 10.2. The number of carbonyl (C=O) groups is 1. The second-order valence-corrected chi connectivity index (χ2v) is 7.49. The van der Waals surface area contributed by atoms with E-state index in [2.05, 4.69) is 32.5 Å². The third kappa shape index (κ3) is 7.68. The van der Waals surface area contributed by atoms with Crippen LogP contribution in [0.25, 0.3) is 0 Å². The largest absolute Gasteiger partial charge is 0.444 e. The number of hydrogen-bond acceptors (Lipinski definition) is 4. The minimum absolute atomic E-state index is 0.0716. The normalized spacial score (nSPS) is 13.3. The Morgan fingerprint density at radius 2 is 2.12 bits per heavy atom. The maximum atomic E-state index is 12.0. The number of carbonyl (C=O) groups excluding carboxylic acids is 1. The van der Waals surface area contributed by atoms with Gasteiger partial charge in [-0.2, -0.15) is 11.3 Å². The number of hydrogen-bond donors (Lipinski definition) is 2. The summed E-state index contributed by atoms with van der Waals surface area (Å²) in [6.45, 7) is 9.08. The predicted molar refractivity (Wildman–Crippen MR) is 101 cm³/mol. The summed E-state index contributed by atoms with van der Waals surface area (Å²) in [5, 5.41) is 10.7. The van der Waals surface area contributed by atoms with Gasteiger partial charge in [-0.3, -0.25) is 4.99 Å². The van der Waals surface area contributed by atoms with E-state index in [4.69, 9.17) is 4.74 Å². The second kappa shape index (κ2) is 9.52. The minimum Gasteiger partial charge on any atom is -0.444 e. The van der Waals surface area contributed by atoms with E-state index in [0.29, 0.717) is 0 Å². The second-order valence-electron chi connectivity index (χ2n) is 6.71. The van der Waals surface area contributed by atoms with Crippen LogP contribution in [0.2, 0.25) is 0 Å². The average molecular weight is 355 g/mol. The summed E-state index contributed by atoms with van der Waals surface area (Å²) >= 11 is 1.68. The minimum atomic E-state index is -0.475. The lowest BCUT2D eigenvalue weighted by Crippen LogP contribution is -2.42. The maximum absolute atomic E-state index is 12.0. The van der Waals surface area contributed by atoms with E-state index in [9.17, 15) is 4.79 Å². The van der Waals surface area contributed by atoms with E-state index in [0.717, 1.165) is 25.5 Å². The third-order valence-corrected chi connectivity index (χ3v) is 4.19. The van der Waals surface area contributed by atoms with Crippen LogP contribution in [0, 0.1) is 0 Å². The first-order chi connectivity index (χ1) is 11.2. The van der Waals surface area contributed by atoms with Crippen LogP contribution in [0.3, 0.4) is 0 Å². The molecule has 1 atom stereocenters. The molecule has 1 amide bonds. The zero-order chi connectivity index (χ0) is 18.2. The van der Waals surface area contributed by atoms with Gasteiger partial charge in [0.1, 0.15) is 5.60 Å². The fourth-order valence-corrected chi connectivity index (χ4v) is 2.58. The van der Waals surface area contributed by atoms with Crippen LogP contribution in [0.1, 0.15) is 39.7 Å². The van der Waals surface area contributed by atoms with Crippen molar-refractivity contribution in [2.45, 2.75) is 52.3 Å². The van der Waals surface area contributed by atoms with Gasteiger partial charge >= 0.3 is 6.09 Å². The molecular weight excluding hydrogens is 324 g/mol. The summed E-state index contributed by atoms with van der Waals surface area (Å²) in [7, 11) is 3.52. The van der Waals surface area contributed by atoms with Gasteiger partial charge in [-0.25, -0.2) is 4.79 Å². The molecule has 136 valence electrons. The molecule has 24 heavy (non-hydrogen) atoms. The van der Waals surface area contributed by atoms with Crippen LogP contribution in [0.5, 0.6) is 0 Å². The molecule has 6 nitrogen and oxygen atoms in total. The van der Waals surface area contributed by atoms with Gasteiger partial charge < -0.3 is 20.3 Å². The summed E-state index contributed by atoms with van der Waals surface area (Å²) in [5.74, 6) is 0.758. The van der Waals surface area contributed by atoms with Crippen molar-refractivity contribution < 1.29 is 9.53 Å². The quantitative estimate of drug-likeness (QED) is 0.609. The van der Waals surface area contributed by atoms with Gasteiger partial charge in [-0.05, 0) is 56.5 Å². The number of aliphatic imine (C=N–C) groups is 1. The summed E-state index contributed by atoms with van der Waals surface area (Å²) < 4.78 is 5.38. The Hall–Kier alpha value is -1.76. The Kier molecular flexibility index (Phi) is 8.04. The van der Waals surface area contributed by atoms with E-state index in [1.54, 1.807) is 30.3 Å². The monoisotopic (exact) mass is 354 g/mol. The molecule has 1 aromatic rings. The highest BCUT2D eigenvalue weighted by atomic mass is 32.1. The zero-order valence-corrected chi connectivity index (χ0v) is 16.4. The van der Waals surface area contributed by atoms with Gasteiger partial charge in [-0.15, -0.1) is 0 Å². The molecule has 0 fully saturated rings. The Bertz CT molecular complexity index is 523. The summed E-state index contributed by atoms with van der Waals surface area (Å²) in [6.07, 6.45) is 0.504. The molecule has 0 aliphatic heterocycles. The van der Waals surface area contributed by atoms with Crippen molar-refractivity contribution in [3.8, 4) is 0 Å². The lowest BCUT2D eigenvalue weighted by Gasteiger charge is -2.28.